The molecule has 0 aliphatic heterocycles. The largest absolute Gasteiger partial charge is 0.375 e. The van der Waals surface area contributed by atoms with Crippen LogP contribution in [0.2, 0.25) is 9.36 Å². The zero-order valence-electron chi connectivity index (χ0n) is 8.58. The molecule has 0 amide bonds. The molecule has 5 heteroatoms. The van der Waals surface area contributed by atoms with Gasteiger partial charge in [-0.3, -0.25) is 4.98 Å². The second kappa shape index (κ2) is 5.04. The summed E-state index contributed by atoms with van der Waals surface area (Å²) in [5, 5.41) is 3.97. The smallest absolute Gasteiger partial charge is 0.0932 e. The van der Waals surface area contributed by atoms with E-state index in [-0.39, 0.29) is 6.04 Å². The van der Waals surface area contributed by atoms with Gasteiger partial charge in [0.1, 0.15) is 0 Å². The molecule has 2 aromatic heterocycles. The fourth-order valence-electron chi connectivity index (χ4n) is 1.35. The second-order valence-electron chi connectivity index (χ2n) is 3.36. The summed E-state index contributed by atoms with van der Waals surface area (Å²) in [6, 6.07) is 5.83. The molecule has 2 nitrogen and oxygen atoms in total. The van der Waals surface area contributed by atoms with Crippen molar-refractivity contribution in [2.45, 2.75) is 13.0 Å². The Labute approximate surface area is 108 Å². The number of pyridine rings is 1. The van der Waals surface area contributed by atoms with Crippen molar-refractivity contribution in [1.82, 2.24) is 4.98 Å². The van der Waals surface area contributed by atoms with Crippen LogP contribution in [0.1, 0.15) is 17.8 Å². The van der Waals surface area contributed by atoms with Crippen molar-refractivity contribution >= 4 is 40.2 Å². The standard InChI is InChI=1S/C11H10Cl2N2S/c1-7(10-2-3-11(13)16-10)15-9-6-14-5-4-8(9)12/h2-7,15H,1H3. The van der Waals surface area contributed by atoms with Gasteiger partial charge in [-0.2, -0.15) is 0 Å². The molecule has 0 saturated heterocycles. The van der Waals surface area contributed by atoms with Crippen molar-refractivity contribution in [3.05, 3.63) is 44.8 Å². The summed E-state index contributed by atoms with van der Waals surface area (Å²) >= 11 is 13.5. The number of hydrogen-bond acceptors (Lipinski definition) is 3. The summed E-state index contributed by atoms with van der Waals surface area (Å²) in [4.78, 5) is 5.20. The monoisotopic (exact) mass is 272 g/mol. The maximum atomic E-state index is 6.04. The number of hydrogen-bond donors (Lipinski definition) is 1. The van der Waals surface area contributed by atoms with Gasteiger partial charge in [0.2, 0.25) is 0 Å². The molecule has 84 valence electrons. The Morgan fingerprint density at radius 3 is 2.75 bits per heavy atom. The third-order valence-electron chi connectivity index (χ3n) is 2.16. The van der Waals surface area contributed by atoms with Crippen LogP contribution in [0.3, 0.4) is 0 Å². The molecule has 1 atom stereocenters. The third-order valence-corrected chi connectivity index (χ3v) is 3.90. The molecule has 0 aliphatic rings. The van der Waals surface area contributed by atoms with Gasteiger partial charge in [0.15, 0.2) is 0 Å². The topological polar surface area (TPSA) is 24.9 Å². The minimum absolute atomic E-state index is 0.166. The van der Waals surface area contributed by atoms with Gasteiger partial charge < -0.3 is 5.32 Å². The number of aromatic nitrogens is 1. The van der Waals surface area contributed by atoms with Crippen LogP contribution in [0.15, 0.2) is 30.6 Å². The molecule has 0 bridgehead atoms. The zero-order chi connectivity index (χ0) is 11.5. The Morgan fingerprint density at radius 2 is 2.12 bits per heavy atom. The Kier molecular flexibility index (Phi) is 3.69. The highest BCUT2D eigenvalue weighted by Crippen LogP contribution is 2.30. The minimum atomic E-state index is 0.166. The van der Waals surface area contributed by atoms with Crippen LogP contribution in [0.25, 0.3) is 0 Å². The van der Waals surface area contributed by atoms with Gasteiger partial charge in [0, 0.05) is 11.1 Å². The SMILES string of the molecule is CC(Nc1cnccc1Cl)c1ccc(Cl)s1. The molecular weight excluding hydrogens is 263 g/mol. The number of halogens is 2. The quantitative estimate of drug-likeness (QED) is 0.882. The Balaban J connectivity index is 2.13. The molecule has 0 fully saturated rings. The predicted molar refractivity (Wildman–Crippen MR) is 70.6 cm³/mol. The van der Waals surface area contributed by atoms with E-state index >= 15 is 0 Å². The molecule has 1 N–H and O–H groups in total. The number of nitrogens with one attached hydrogen (secondary N) is 1. The van der Waals surface area contributed by atoms with Crippen molar-refractivity contribution < 1.29 is 0 Å². The van der Waals surface area contributed by atoms with Crippen LogP contribution in [-0.2, 0) is 0 Å². The van der Waals surface area contributed by atoms with Crippen LogP contribution in [0, 0.1) is 0 Å². The fourth-order valence-corrected chi connectivity index (χ4v) is 2.57. The van der Waals surface area contributed by atoms with Crippen LogP contribution in [-0.4, -0.2) is 4.98 Å². The molecule has 0 saturated carbocycles. The van der Waals surface area contributed by atoms with Gasteiger partial charge in [-0.1, -0.05) is 23.2 Å². The summed E-state index contributed by atoms with van der Waals surface area (Å²) in [5.74, 6) is 0. The fraction of sp³-hybridized carbons (Fsp3) is 0.182. The zero-order valence-corrected chi connectivity index (χ0v) is 10.9. The van der Waals surface area contributed by atoms with Gasteiger partial charge in [-0.25, -0.2) is 0 Å². The Hall–Kier alpha value is -0.770. The highest BCUT2D eigenvalue weighted by molar-refractivity contribution is 7.16. The number of rotatable bonds is 3. The van der Waals surface area contributed by atoms with E-state index in [0.29, 0.717) is 5.02 Å². The summed E-state index contributed by atoms with van der Waals surface area (Å²) in [6.45, 7) is 2.06. The molecule has 0 radical (unpaired) electrons. The number of anilines is 1. The first kappa shape index (κ1) is 11.7. The first-order chi connectivity index (χ1) is 7.66. The lowest BCUT2D eigenvalue weighted by Gasteiger charge is -2.14. The van der Waals surface area contributed by atoms with E-state index in [0.717, 1.165) is 10.0 Å². The van der Waals surface area contributed by atoms with E-state index < -0.39 is 0 Å². The second-order valence-corrected chi connectivity index (χ2v) is 5.52. The van der Waals surface area contributed by atoms with Gasteiger partial charge >= 0.3 is 0 Å². The summed E-state index contributed by atoms with van der Waals surface area (Å²) in [7, 11) is 0. The van der Waals surface area contributed by atoms with Crippen LogP contribution >= 0.6 is 34.5 Å². The lowest BCUT2D eigenvalue weighted by atomic mass is 10.2. The van der Waals surface area contributed by atoms with Crippen LogP contribution in [0.4, 0.5) is 5.69 Å². The van der Waals surface area contributed by atoms with Crippen molar-refractivity contribution in [1.29, 1.82) is 0 Å². The predicted octanol–water partition coefficient (Wildman–Crippen LogP) is 4.62. The van der Waals surface area contributed by atoms with E-state index in [2.05, 4.69) is 17.2 Å². The lowest BCUT2D eigenvalue weighted by molar-refractivity contribution is 0.906. The van der Waals surface area contributed by atoms with Gasteiger partial charge in [-0.15, -0.1) is 11.3 Å². The molecule has 0 aromatic carbocycles. The van der Waals surface area contributed by atoms with Crippen molar-refractivity contribution in [3.8, 4) is 0 Å². The van der Waals surface area contributed by atoms with E-state index in [1.54, 1.807) is 29.8 Å². The van der Waals surface area contributed by atoms with Crippen molar-refractivity contribution in [3.63, 3.8) is 0 Å². The molecule has 0 spiro atoms. The molecule has 2 rings (SSSR count). The first-order valence-electron chi connectivity index (χ1n) is 4.78. The molecule has 16 heavy (non-hydrogen) atoms. The normalized spacial score (nSPS) is 12.4. The number of nitrogens with zero attached hydrogens (tertiary/aromatic N) is 1. The highest BCUT2D eigenvalue weighted by Gasteiger charge is 2.09. The van der Waals surface area contributed by atoms with Gasteiger partial charge in [0.25, 0.3) is 0 Å². The summed E-state index contributed by atoms with van der Waals surface area (Å²) in [5.41, 5.74) is 0.834. The van der Waals surface area contributed by atoms with E-state index in [4.69, 9.17) is 23.2 Å². The Bertz CT molecular complexity index is 484. The highest BCUT2D eigenvalue weighted by atomic mass is 35.5. The minimum Gasteiger partial charge on any atom is -0.375 e. The molecule has 1 unspecified atom stereocenters. The number of thiophene rings is 1. The van der Waals surface area contributed by atoms with E-state index in [1.165, 1.54) is 4.88 Å². The van der Waals surface area contributed by atoms with Crippen LogP contribution in [0.5, 0.6) is 0 Å². The average Bonchev–Trinajstić information content (AvgIpc) is 2.68. The molecule has 0 aliphatic carbocycles. The molecule has 2 aromatic rings. The van der Waals surface area contributed by atoms with Gasteiger partial charge in [0.05, 0.1) is 27.3 Å². The summed E-state index contributed by atoms with van der Waals surface area (Å²) in [6.07, 6.45) is 3.38. The third kappa shape index (κ3) is 2.67. The Morgan fingerprint density at radius 1 is 1.31 bits per heavy atom. The van der Waals surface area contributed by atoms with Gasteiger partial charge in [-0.05, 0) is 25.1 Å². The molecular formula is C11H10Cl2N2S. The summed E-state index contributed by atoms with van der Waals surface area (Å²) < 4.78 is 0.793. The maximum Gasteiger partial charge on any atom is 0.0932 e. The lowest BCUT2D eigenvalue weighted by Crippen LogP contribution is -2.05. The van der Waals surface area contributed by atoms with E-state index in [1.807, 2.05) is 12.1 Å². The van der Waals surface area contributed by atoms with Crippen molar-refractivity contribution in [2.75, 3.05) is 5.32 Å². The van der Waals surface area contributed by atoms with Crippen LogP contribution < -0.4 is 5.32 Å². The maximum absolute atomic E-state index is 6.04. The van der Waals surface area contributed by atoms with E-state index in [9.17, 15) is 0 Å². The average molecular weight is 273 g/mol. The molecule has 2 heterocycles. The first-order valence-corrected chi connectivity index (χ1v) is 6.35. The van der Waals surface area contributed by atoms with Crippen molar-refractivity contribution in [2.24, 2.45) is 0 Å².